The van der Waals surface area contributed by atoms with Crippen LogP contribution in [-0.2, 0) is 11.3 Å². The van der Waals surface area contributed by atoms with E-state index in [-0.39, 0.29) is 18.7 Å². The fraction of sp³-hybridized carbons (Fsp3) is 0.538. The second-order valence-electron chi connectivity index (χ2n) is 5.46. The second-order valence-corrected chi connectivity index (χ2v) is 5.46. The monoisotopic (exact) mass is 349 g/mol. The Balaban J connectivity index is 2.15. The molecule has 25 heavy (non-hydrogen) atoms. The first-order chi connectivity index (χ1) is 12.0. The molecule has 0 heterocycles. The highest BCUT2D eigenvalue weighted by molar-refractivity contribution is 5.33. The zero-order valence-corrected chi connectivity index (χ0v) is 12.9. The van der Waals surface area contributed by atoms with E-state index in [1.54, 1.807) is 6.07 Å². The minimum Gasteiger partial charge on any atom is -0.390 e. The molecule has 1 aromatic carbocycles. The topological polar surface area (TPSA) is 190 Å². The van der Waals surface area contributed by atoms with Crippen LogP contribution in [0.4, 0.5) is 5.69 Å². The van der Waals surface area contributed by atoms with Gasteiger partial charge in [-0.3, -0.25) is 10.1 Å². The van der Waals surface area contributed by atoms with Crippen LogP contribution < -0.4 is 0 Å². The third-order valence-corrected chi connectivity index (χ3v) is 3.91. The van der Waals surface area contributed by atoms with Gasteiger partial charge in [0, 0.05) is 22.0 Å². The van der Waals surface area contributed by atoms with Crippen LogP contribution in [0, 0.1) is 10.1 Å². The van der Waals surface area contributed by atoms with E-state index < -0.39 is 35.3 Å². The molecular formula is C13H15N7O5. The van der Waals surface area contributed by atoms with Gasteiger partial charge in [0.15, 0.2) is 0 Å². The summed E-state index contributed by atoms with van der Waals surface area (Å²) in [5.74, 6) is 0. The Morgan fingerprint density at radius 1 is 1.24 bits per heavy atom. The van der Waals surface area contributed by atoms with Crippen molar-refractivity contribution in [1.82, 2.24) is 0 Å². The largest absolute Gasteiger partial charge is 0.390 e. The summed E-state index contributed by atoms with van der Waals surface area (Å²) in [6.45, 7) is -0.0975. The normalized spacial score (nSPS) is 28.5. The van der Waals surface area contributed by atoms with Crippen LogP contribution in [0.5, 0.6) is 0 Å². The fourth-order valence-electron chi connectivity index (χ4n) is 2.69. The van der Waals surface area contributed by atoms with E-state index in [0.717, 1.165) is 0 Å². The Labute approximate surface area is 141 Å². The van der Waals surface area contributed by atoms with E-state index in [4.69, 9.17) is 15.8 Å². The molecule has 1 aliphatic carbocycles. The molecule has 0 bridgehead atoms. The van der Waals surface area contributed by atoms with E-state index in [2.05, 4.69) is 20.1 Å². The van der Waals surface area contributed by atoms with Crippen molar-refractivity contribution in [1.29, 1.82) is 0 Å². The molecule has 1 aromatic rings. The van der Waals surface area contributed by atoms with Gasteiger partial charge in [-0.05, 0) is 23.0 Å². The molecule has 0 aromatic heterocycles. The van der Waals surface area contributed by atoms with Gasteiger partial charge in [-0.15, -0.1) is 0 Å². The maximum Gasteiger partial charge on any atom is 0.269 e. The fourth-order valence-corrected chi connectivity index (χ4v) is 2.69. The number of nitro groups is 1. The summed E-state index contributed by atoms with van der Waals surface area (Å²) in [5.41, 5.74) is 17.5. The molecule has 0 aliphatic heterocycles. The van der Waals surface area contributed by atoms with Crippen molar-refractivity contribution in [3.8, 4) is 0 Å². The summed E-state index contributed by atoms with van der Waals surface area (Å²) in [5, 5.41) is 37.9. The van der Waals surface area contributed by atoms with Crippen molar-refractivity contribution in [3.63, 3.8) is 0 Å². The number of benzene rings is 1. The highest BCUT2D eigenvalue weighted by Crippen LogP contribution is 2.29. The quantitative estimate of drug-likeness (QED) is 0.260. The lowest BCUT2D eigenvalue weighted by Gasteiger charge is -2.39. The molecule has 0 saturated heterocycles. The number of rotatable bonds is 6. The van der Waals surface area contributed by atoms with Crippen LogP contribution in [0.1, 0.15) is 12.0 Å². The number of aliphatic hydroxyl groups excluding tert-OH is 2. The van der Waals surface area contributed by atoms with Crippen molar-refractivity contribution in [2.75, 3.05) is 0 Å². The maximum absolute atomic E-state index is 10.8. The standard InChI is InChI=1S/C13H15N7O5/c14-18-16-9-5-10(17-19-15)13(12(22)11(9)21)25-6-7-2-1-3-8(4-7)20(23)24/h1-4,9-13,21-22H,5-6H2/t9-,10+,11+,12-,13-/m0/s1. The highest BCUT2D eigenvalue weighted by atomic mass is 16.6. The minimum atomic E-state index is -1.45. The lowest BCUT2D eigenvalue weighted by Crippen LogP contribution is -2.55. The molecule has 1 aliphatic rings. The Kier molecular flexibility index (Phi) is 6.12. The van der Waals surface area contributed by atoms with Gasteiger partial charge in [-0.25, -0.2) is 0 Å². The van der Waals surface area contributed by atoms with Crippen molar-refractivity contribution in [2.45, 2.75) is 43.4 Å². The molecule has 12 heteroatoms. The summed E-state index contributed by atoms with van der Waals surface area (Å²) >= 11 is 0. The van der Waals surface area contributed by atoms with Crippen LogP contribution in [-0.4, -0.2) is 45.5 Å². The lowest BCUT2D eigenvalue weighted by atomic mass is 9.84. The van der Waals surface area contributed by atoms with Crippen molar-refractivity contribution < 1.29 is 19.9 Å². The molecule has 0 spiro atoms. The average molecular weight is 349 g/mol. The Bertz CT molecular complexity index is 731. The number of hydrogen-bond acceptors (Lipinski definition) is 7. The van der Waals surface area contributed by atoms with Crippen molar-refractivity contribution in [2.24, 2.45) is 10.2 Å². The van der Waals surface area contributed by atoms with Gasteiger partial charge in [0.25, 0.3) is 5.69 Å². The lowest BCUT2D eigenvalue weighted by molar-refractivity contribution is -0.385. The van der Waals surface area contributed by atoms with Crippen LogP contribution in [0.3, 0.4) is 0 Å². The SMILES string of the molecule is [N-]=[N+]=N[C@H]1C[C@@H](N=[N+]=[N-])[C@H](OCc2cccc([N+](=O)[O-])c2)[C@@H](O)[C@@H]1O. The Morgan fingerprint density at radius 2 is 1.92 bits per heavy atom. The first kappa shape index (κ1) is 18.5. The Hall–Kier alpha value is -2.88. The molecule has 1 saturated carbocycles. The molecule has 12 nitrogen and oxygen atoms in total. The van der Waals surface area contributed by atoms with Crippen LogP contribution in [0.15, 0.2) is 34.5 Å². The van der Waals surface area contributed by atoms with E-state index in [1.807, 2.05) is 0 Å². The van der Waals surface area contributed by atoms with E-state index >= 15 is 0 Å². The summed E-state index contributed by atoms with van der Waals surface area (Å²) < 4.78 is 5.55. The van der Waals surface area contributed by atoms with Crippen LogP contribution in [0.25, 0.3) is 20.9 Å². The first-order valence-electron chi connectivity index (χ1n) is 7.27. The number of aliphatic hydroxyl groups is 2. The Morgan fingerprint density at radius 3 is 2.56 bits per heavy atom. The van der Waals surface area contributed by atoms with Gasteiger partial charge >= 0.3 is 0 Å². The molecule has 0 unspecified atom stereocenters. The molecule has 0 amide bonds. The molecule has 132 valence electrons. The van der Waals surface area contributed by atoms with Gasteiger partial charge in [-0.1, -0.05) is 22.4 Å². The predicted octanol–water partition coefficient (Wildman–Crippen LogP) is 1.96. The summed E-state index contributed by atoms with van der Waals surface area (Å²) in [7, 11) is 0. The summed E-state index contributed by atoms with van der Waals surface area (Å²) in [6.07, 6.45) is -3.86. The van der Waals surface area contributed by atoms with E-state index in [0.29, 0.717) is 5.56 Å². The molecule has 2 rings (SSSR count). The van der Waals surface area contributed by atoms with Gasteiger partial charge in [0.2, 0.25) is 0 Å². The molecule has 0 radical (unpaired) electrons. The highest BCUT2D eigenvalue weighted by Gasteiger charge is 2.43. The maximum atomic E-state index is 10.8. The van der Waals surface area contributed by atoms with Gasteiger partial charge in [-0.2, -0.15) is 0 Å². The minimum absolute atomic E-state index is 0.00590. The van der Waals surface area contributed by atoms with E-state index in [1.165, 1.54) is 18.2 Å². The number of nitro benzene ring substituents is 1. The molecular weight excluding hydrogens is 334 g/mol. The van der Waals surface area contributed by atoms with E-state index in [9.17, 15) is 20.3 Å². The molecule has 1 fully saturated rings. The zero-order valence-electron chi connectivity index (χ0n) is 12.9. The van der Waals surface area contributed by atoms with Crippen molar-refractivity contribution in [3.05, 3.63) is 60.8 Å². The van der Waals surface area contributed by atoms with Gasteiger partial charge < -0.3 is 14.9 Å². The summed E-state index contributed by atoms with van der Waals surface area (Å²) in [4.78, 5) is 15.5. The first-order valence-corrected chi connectivity index (χ1v) is 7.27. The summed E-state index contributed by atoms with van der Waals surface area (Å²) in [6, 6.07) is 3.92. The number of non-ortho nitro benzene ring substituents is 1. The smallest absolute Gasteiger partial charge is 0.269 e. The zero-order chi connectivity index (χ0) is 18.4. The number of hydrogen-bond donors (Lipinski definition) is 2. The van der Waals surface area contributed by atoms with Crippen LogP contribution in [0.2, 0.25) is 0 Å². The predicted molar refractivity (Wildman–Crippen MR) is 84.2 cm³/mol. The third kappa shape index (κ3) is 4.35. The number of nitrogens with zero attached hydrogens (tertiary/aromatic N) is 7. The number of ether oxygens (including phenoxy) is 1. The van der Waals surface area contributed by atoms with Crippen LogP contribution >= 0.6 is 0 Å². The van der Waals surface area contributed by atoms with Crippen molar-refractivity contribution >= 4 is 5.69 Å². The molecule has 2 N–H and O–H groups in total. The molecule has 5 atom stereocenters. The third-order valence-electron chi connectivity index (χ3n) is 3.91. The number of azide groups is 2. The average Bonchev–Trinajstić information content (AvgIpc) is 2.59. The van der Waals surface area contributed by atoms with Gasteiger partial charge in [0.05, 0.1) is 35.8 Å². The second kappa shape index (κ2) is 8.29. The van der Waals surface area contributed by atoms with Gasteiger partial charge in [0.1, 0.15) is 6.10 Å².